The van der Waals surface area contributed by atoms with Gasteiger partial charge in [-0.3, -0.25) is 15.0 Å². The van der Waals surface area contributed by atoms with Crippen molar-refractivity contribution in [2.45, 2.75) is 13.5 Å². The van der Waals surface area contributed by atoms with E-state index < -0.39 is 0 Å². The van der Waals surface area contributed by atoms with Crippen LogP contribution in [0.15, 0.2) is 67.4 Å². The first-order valence-electron chi connectivity index (χ1n) is 8.10. The van der Waals surface area contributed by atoms with Crippen molar-refractivity contribution in [3.8, 4) is 11.3 Å². The van der Waals surface area contributed by atoms with E-state index in [2.05, 4.69) is 31.3 Å². The highest BCUT2D eigenvalue weighted by Crippen LogP contribution is 2.25. The first-order chi connectivity index (χ1) is 12.3. The minimum absolute atomic E-state index is 0.672. The highest BCUT2D eigenvalue weighted by molar-refractivity contribution is 5.93. The Morgan fingerprint density at radius 3 is 2.68 bits per heavy atom. The van der Waals surface area contributed by atoms with Gasteiger partial charge >= 0.3 is 0 Å². The van der Waals surface area contributed by atoms with Gasteiger partial charge in [-0.05, 0) is 48.2 Å². The molecule has 5 heteroatoms. The van der Waals surface area contributed by atoms with Gasteiger partial charge in [0.05, 0.1) is 5.69 Å². The molecular formula is C20H17N5. The predicted octanol–water partition coefficient (Wildman–Crippen LogP) is 4.01. The number of pyridine rings is 4. The number of aryl methyl sites for hydroxylation is 1. The summed E-state index contributed by atoms with van der Waals surface area (Å²) in [6.45, 7) is 2.65. The van der Waals surface area contributed by atoms with Crippen LogP contribution in [0.1, 0.15) is 11.3 Å². The minimum Gasteiger partial charge on any atom is -0.365 e. The molecule has 122 valence electrons. The lowest BCUT2D eigenvalue weighted by Gasteiger charge is -2.10. The molecular weight excluding hydrogens is 310 g/mol. The van der Waals surface area contributed by atoms with Crippen molar-refractivity contribution in [3.63, 3.8) is 0 Å². The molecule has 0 aliphatic carbocycles. The molecule has 4 rings (SSSR count). The predicted molar refractivity (Wildman–Crippen MR) is 99.1 cm³/mol. The largest absolute Gasteiger partial charge is 0.365 e. The number of nitrogens with zero attached hydrogens (tertiary/aromatic N) is 4. The third kappa shape index (κ3) is 3.30. The van der Waals surface area contributed by atoms with Crippen molar-refractivity contribution >= 4 is 16.6 Å². The first kappa shape index (κ1) is 15.2. The van der Waals surface area contributed by atoms with E-state index in [1.165, 1.54) is 0 Å². The van der Waals surface area contributed by atoms with E-state index in [-0.39, 0.29) is 0 Å². The molecule has 1 N–H and O–H groups in total. The third-order valence-corrected chi connectivity index (χ3v) is 4.02. The van der Waals surface area contributed by atoms with E-state index in [1.807, 2.05) is 62.0 Å². The zero-order valence-corrected chi connectivity index (χ0v) is 13.8. The minimum atomic E-state index is 0.672. The Labute approximate surface area is 145 Å². The summed E-state index contributed by atoms with van der Waals surface area (Å²) < 4.78 is 0. The molecule has 0 radical (unpaired) electrons. The molecule has 0 aliphatic heterocycles. The van der Waals surface area contributed by atoms with Gasteiger partial charge in [-0.1, -0.05) is 6.07 Å². The van der Waals surface area contributed by atoms with Crippen LogP contribution >= 0.6 is 0 Å². The van der Waals surface area contributed by atoms with Crippen LogP contribution in [0.5, 0.6) is 0 Å². The van der Waals surface area contributed by atoms with E-state index in [4.69, 9.17) is 0 Å². The van der Waals surface area contributed by atoms with Crippen LogP contribution in [0.2, 0.25) is 0 Å². The number of fused-ring (bicyclic) bond motifs is 1. The van der Waals surface area contributed by atoms with E-state index >= 15 is 0 Å². The molecule has 0 fully saturated rings. The molecule has 0 unspecified atom stereocenters. The average molecular weight is 327 g/mol. The summed E-state index contributed by atoms with van der Waals surface area (Å²) in [7, 11) is 0. The zero-order valence-electron chi connectivity index (χ0n) is 13.8. The molecule has 5 nitrogen and oxygen atoms in total. The summed E-state index contributed by atoms with van der Waals surface area (Å²) in [6, 6.07) is 12.1. The third-order valence-electron chi connectivity index (χ3n) is 4.02. The fourth-order valence-electron chi connectivity index (χ4n) is 2.76. The molecule has 0 atom stereocenters. The van der Waals surface area contributed by atoms with Crippen LogP contribution < -0.4 is 5.32 Å². The summed E-state index contributed by atoms with van der Waals surface area (Å²) >= 11 is 0. The highest BCUT2D eigenvalue weighted by atomic mass is 15.0. The summed E-state index contributed by atoms with van der Waals surface area (Å²) in [5, 5.41) is 5.47. The van der Waals surface area contributed by atoms with Crippen molar-refractivity contribution in [2.75, 3.05) is 5.32 Å². The molecule has 0 saturated heterocycles. The molecule has 4 aromatic heterocycles. The Hall–Kier alpha value is -3.34. The summed E-state index contributed by atoms with van der Waals surface area (Å²) in [5.41, 5.74) is 4.09. The number of hydrogen-bond donors (Lipinski definition) is 1. The molecule has 0 bridgehead atoms. The monoisotopic (exact) mass is 327 g/mol. The van der Waals surface area contributed by atoms with E-state index in [0.29, 0.717) is 6.54 Å². The number of aromatic nitrogens is 4. The van der Waals surface area contributed by atoms with Gasteiger partial charge in [-0.15, -0.1) is 0 Å². The van der Waals surface area contributed by atoms with Crippen molar-refractivity contribution < 1.29 is 0 Å². The van der Waals surface area contributed by atoms with Crippen LogP contribution in [0.3, 0.4) is 0 Å². The quantitative estimate of drug-likeness (QED) is 0.613. The second kappa shape index (κ2) is 6.65. The average Bonchev–Trinajstić information content (AvgIpc) is 2.66. The topological polar surface area (TPSA) is 63.6 Å². The van der Waals surface area contributed by atoms with Gasteiger partial charge < -0.3 is 5.32 Å². The Morgan fingerprint density at radius 1 is 0.920 bits per heavy atom. The van der Waals surface area contributed by atoms with Gasteiger partial charge in [0.25, 0.3) is 0 Å². The maximum Gasteiger partial charge on any atom is 0.135 e. The van der Waals surface area contributed by atoms with Crippen LogP contribution in [0.25, 0.3) is 22.0 Å². The van der Waals surface area contributed by atoms with Crippen molar-refractivity contribution in [1.82, 2.24) is 19.9 Å². The van der Waals surface area contributed by atoms with Crippen LogP contribution in [0, 0.1) is 6.92 Å². The normalized spacial score (nSPS) is 10.8. The van der Waals surface area contributed by atoms with Gasteiger partial charge in [0.15, 0.2) is 0 Å². The van der Waals surface area contributed by atoms with E-state index in [1.54, 1.807) is 6.20 Å². The number of anilines is 1. The van der Waals surface area contributed by atoms with Crippen molar-refractivity contribution in [1.29, 1.82) is 0 Å². The lowest BCUT2D eigenvalue weighted by atomic mass is 10.1. The van der Waals surface area contributed by atoms with Crippen LogP contribution in [-0.4, -0.2) is 19.9 Å². The molecule has 0 aromatic carbocycles. The molecule has 0 spiro atoms. The molecule has 0 aliphatic rings. The van der Waals surface area contributed by atoms with Crippen molar-refractivity contribution in [3.05, 3.63) is 78.6 Å². The molecule has 25 heavy (non-hydrogen) atoms. The maximum absolute atomic E-state index is 4.61. The molecule has 4 aromatic rings. The van der Waals surface area contributed by atoms with Crippen molar-refractivity contribution in [2.24, 2.45) is 0 Å². The lowest BCUT2D eigenvalue weighted by molar-refractivity contribution is 1.09. The molecule has 0 amide bonds. The second-order valence-corrected chi connectivity index (χ2v) is 5.85. The summed E-state index contributed by atoms with van der Waals surface area (Å²) in [4.78, 5) is 17.4. The number of hydrogen-bond acceptors (Lipinski definition) is 5. The Bertz CT molecular complexity index is 1010. The highest BCUT2D eigenvalue weighted by Gasteiger charge is 2.06. The molecule has 4 heterocycles. The second-order valence-electron chi connectivity index (χ2n) is 5.85. The standard InChI is InChI=1S/C20H17N5/c1-14-9-17(5-7-22-14)19-10-16-4-8-23-20(18(16)13-24-19)25-12-15-3-2-6-21-11-15/h2-11,13H,12H2,1H3,(H,23,25). The zero-order chi connectivity index (χ0) is 17.1. The lowest BCUT2D eigenvalue weighted by Crippen LogP contribution is -2.02. The van der Waals surface area contributed by atoms with Crippen LogP contribution in [0.4, 0.5) is 5.82 Å². The SMILES string of the molecule is Cc1cc(-c2cc3ccnc(NCc4cccnc4)c3cn2)ccn1. The fourth-order valence-corrected chi connectivity index (χ4v) is 2.76. The summed E-state index contributed by atoms with van der Waals surface area (Å²) in [5.74, 6) is 0.825. The van der Waals surface area contributed by atoms with E-state index in [0.717, 1.165) is 39.1 Å². The molecule has 0 saturated carbocycles. The van der Waals surface area contributed by atoms with Gasteiger partial charge in [0.1, 0.15) is 5.82 Å². The van der Waals surface area contributed by atoms with Gasteiger partial charge in [-0.2, -0.15) is 0 Å². The van der Waals surface area contributed by atoms with E-state index in [9.17, 15) is 0 Å². The number of rotatable bonds is 4. The van der Waals surface area contributed by atoms with Gasteiger partial charge in [0.2, 0.25) is 0 Å². The number of nitrogens with one attached hydrogen (secondary N) is 1. The first-order valence-corrected chi connectivity index (χ1v) is 8.10. The Morgan fingerprint density at radius 2 is 1.84 bits per heavy atom. The van der Waals surface area contributed by atoms with Gasteiger partial charge in [-0.25, -0.2) is 4.98 Å². The fraction of sp³-hybridized carbons (Fsp3) is 0.100. The Kier molecular flexibility index (Phi) is 4.04. The maximum atomic E-state index is 4.61. The smallest absolute Gasteiger partial charge is 0.135 e. The Balaban J connectivity index is 1.66. The van der Waals surface area contributed by atoms with Gasteiger partial charge in [0, 0.05) is 54.2 Å². The van der Waals surface area contributed by atoms with Crippen LogP contribution in [-0.2, 0) is 6.54 Å². The summed E-state index contributed by atoms with van der Waals surface area (Å²) in [6.07, 6.45) is 9.12.